The second kappa shape index (κ2) is 11.4. The Morgan fingerprint density at radius 2 is 1.57 bits per heavy atom. The van der Waals surface area contributed by atoms with Gasteiger partial charge in [-0.25, -0.2) is 0 Å². The topological polar surface area (TPSA) is 51.5 Å². The molecule has 8 heteroatoms. The summed E-state index contributed by atoms with van der Waals surface area (Å²) in [7, 11) is 1.74. The maximum atomic E-state index is 13.5. The number of ketones is 1. The van der Waals surface area contributed by atoms with Gasteiger partial charge in [0.1, 0.15) is 11.9 Å². The van der Waals surface area contributed by atoms with Gasteiger partial charge in [-0.1, -0.05) is 60.7 Å². The van der Waals surface area contributed by atoms with E-state index in [1.807, 2.05) is 59.2 Å². The quantitative estimate of drug-likeness (QED) is 0.215. The van der Waals surface area contributed by atoms with Crippen molar-refractivity contribution in [3.63, 3.8) is 0 Å². The molecule has 3 aromatic carbocycles. The van der Waals surface area contributed by atoms with Crippen LogP contribution in [0.15, 0.2) is 97.1 Å². The first kappa shape index (κ1) is 27.2. The van der Waals surface area contributed by atoms with Gasteiger partial charge in [-0.15, -0.1) is 0 Å². The summed E-state index contributed by atoms with van der Waals surface area (Å²) in [5, 5.41) is 0. The molecule has 0 radical (unpaired) electrons. The Kier molecular flexibility index (Phi) is 7.78. The lowest BCUT2D eigenvalue weighted by Crippen LogP contribution is -2.33. The van der Waals surface area contributed by atoms with Gasteiger partial charge < -0.3 is 14.2 Å². The van der Waals surface area contributed by atoms with E-state index < -0.39 is 17.8 Å². The van der Waals surface area contributed by atoms with Gasteiger partial charge in [0.25, 0.3) is 0 Å². The fourth-order valence-electron chi connectivity index (χ4n) is 5.16. The Labute approximate surface area is 230 Å². The summed E-state index contributed by atoms with van der Waals surface area (Å²) in [5.74, 6) is -0.148. The van der Waals surface area contributed by atoms with Gasteiger partial charge >= 0.3 is 6.18 Å². The number of benzene rings is 3. The lowest BCUT2D eigenvalue weighted by molar-refractivity contribution is -0.137. The molecular weight excluding hydrogens is 517 g/mol. The number of carbonyl (C=O) groups excluding carboxylic acids is 2. The molecule has 0 saturated carbocycles. The van der Waals surface area contributed by atoms with Crippen LogP contribution in [0.1, 0.15) is 57.7 Å². The van der Waals surface area contributed by atoms with Crippen LogP contribution < -0.4 is 4.74 Å². The molecule has 1 aromatic heterocycles. The van der Waals surface area contributed by atoms with Crippen LogP contribution in [0.4, 0.5) is 13.2 Å². The second-order valence-corrected chi connectivity index (χ2v) is 9.92. The zero-order chi connectivity index (χ0) is 28.3. The van der Waals surface area contributed by atoms with E-state index in [0.29, 0.717) is 42.9 Å². The highest BCUT2D eigenvalue weighted by Crippen LogP contribution is 2.34. The van der Waals surface area contributed by atoms with E-state index in [2.05, 4.69) is 0 Å². The summed E-state index contributed by atoms with van der Waals surface area (Å²) in [5.41, 5.74) is 2.14. The molecular formula is C32H29F3N2O3. The molecule has 5 nitrogen and oxygen atoms in total. The molecule has 206 valence electrons. The largest absolute Gasteiger partial charge is 0.486 e. The van der Waals surface area contributed by atoms with E-state index in [4.69, 9.17) is 4.74 Å². The van der Waals surface area contributed by atoms with Crippen LogP contribution in [0.3, 0.4) is 0 Å². The Hall–Kier alpha value is -4.33. The van der Waals surface area contributed by atoms with Gasteiger partial charge in [0.2, 0.25) is 11.7 Å². The van der Waals surface area contributed by atoms with Crippen molar-refractivity contribution in [3.05, 3.63) is 125 Å². The summed E-state index contributed by atoms with van der Waals surface area (Å²) in [6, 6.07) is 26.8. The number of alkyl halides is 3. The minimum atomic E-state index is -4.42. The lowest BCUT2D eigenvalue weighted by atomic mass is 10.0. The lowest BCUT2D eigenvalue weighted by Gasteiger charge is -2.25. The number of hydrogen-bond acceptors (Lipinski definition) is 3. The maximum Gasteiger partial charge on any atom is 0.416 e. The third-order valence-electron chi connectivity index (χ3n) is 7.31. The van der Waals surface area contributed by atoms with Crippen LogP contribution in [-0.4, -0.2) is 34.7 Å². The molecule has 1 amide bonds. The molecule has 0 spiro atoms. The van der Waals surface area contributed by atoms with Crippen LogP contribution in [0.2, 0.25) is 0 Å². The molecule has 40 heavy (non-hydrogen) atoms. The van der Waals surface area contributed by atoms with E-state index in [9.17, 15) is 22.8 Å². The Morgan fingerprint density at radius 1 is 0.925 bits per heavy atom. The molecule has 0 N–H and O–H groups in total. The van der Waals surface area contributed by atoms with Crippen molar-refractivity contribution < 1.29 is 27.5 Å². The van der Waals surface area contributed by atoms with Crippen molar-refractivity contribution in [3.8, 4) is 5.75 Å². The predicted molar refractivity (Wildman–Crippen MR) is 145 cm³/mol. The highest BCUT2D eigenvalue weighted by atomic mass is 19.4. The molecule has 0 bridgehead atoms. The smallest absolute Gasteiger partial charge is 0.416 e. The monoisotopic (exact) mass is 546 g/mol. The summed E-state index contributed by atoms with van der Waals surface area (Å²) >= 11 is 0. The van der Waals surface area contributed by atoms with E-state index >= 15 is 0 Å². The average molecular weight is 547 g/mol. The molecule has 4 aromatic rings. The van der Waals surface area contributed by atoms with Crippen LogP contribution in [-0.2, 0) is 17.5 Å². The first-order chi connectivity index (χ1) is 19.2. The van der Waals surface area contributed by atoms with Gasteiger partial charge in [-0.3, -0.25) is 9.59 Å². The Balaban J connectivity index is 1.27. The number of nitrogens with zero attached hydrogens (tertiary/aromatic N) is 2. The molecule has 1 aliphatic rings. The highest BCUT2D eigenvalue weighted by molar-refractivity contribution is 6.08. The molecule has 0 fully saturated rings. The molecule has 2 heterocycles. The number of amides is 1. The van der Waals surface area contributed by atoms with Gasteiger partial charge in [-0.2, -0.15) is 13.2 Å². The molecule has 0 aliphatic carbocycles. The summed E-state index contributed by atoms with van der Waals surface area (Å²) in [6.07, 6.45) is -3.83. The van der Waals surface area contributed by atoms with E-state index in [0.717, 1.165) is 23.4 Å². The summed E-state index contributed by atoms with van der Waals surface area (Å²) in [6.45, 7) is 0.968. The van der Waals surface area contributed by atoms with E-state index in [1.165, 1.54) is 12.1 Å². The van der Waals surface area contributed by atoms with Gasteiger partial charge in [0, 0.05) is 37.8 Å². The van der Waals surface area contributed by atoms with Crippen molar-refractivity contribution in [1.29, 1.82) is 0 Å². The molecule has 1 unspecified atom stereocenters. The highest BCUT2D eigenvalue weighted by Gasteiger charge is 2.34. The Morgan fingerprint density at radius 3 is 2.23 bits per heavy atom. The molecule has 0 saturated heterocycles. The Bertz CT molecular complexity index is 1470. The number of aromatic nitrogens is 1. The van der Waals surface area contributed by atoms with Gasteiger partial charge in [-0.05, 0) is 48.4 Å². The van der Waals surface area contributed by atoms with Gasteiger partial charge in [0.05, 0.1) is 17.2 Å². The summed E-state index contributed by atoms with van der Waals surface area (Å²) < 4.78 is 47.0. The molecule has 1 aliphatic heterocycles. The zero-order valence-electron chi connectivity index (χ0n) is 22.0. The van der Waals surface area contributed by atoms with Crippen molar-refractivity contribution in [1.82, 2.24) is 9.47 Å². The summed E-state index contributed by atoms with van der Waals surface area (Å²) in [4.78, 5) is 28.2. The molecule has 2 atom stereocenters. The third kappa shape index (κ3) is 5.81. The van der Waals surface area contributed by atoms with E-state index in [1.54, 1.807) is 30.1 Å². The normalized spacial score (nSPS) is 15.3. The van der Waals surface area contributed by atoms with Crippen molar-refractivity contribution in [2.75, 3.05) is 13.6 Å². The van der Waals surface area contributed by atoms with Crippen LogP contribution in [0, 0.1) is 0 Å². The standard InChI is InChI=1S/C32H29F3N2O3/c1-36(31(39)26-18-21-37-27(26)16-17-28(37)30(38)23-10-6-3-7-11-23)20-19-29(22-8-4-2-5-9-22)40-25-14-12-24(13-15-25)32(33,34)35/h2-17,26,29H,18-21H2,1H3/t26?,29-/m1/s1. The average Bonchev–Trinajstić information content (AvgIpc) is 3.58. The fraction of sp³-hybridized carbons (Fsp3) is 0.250. The number of rotatable bonds is 9. The predicted octanol–water partition coefficient (Wildman–Crippen LogP) is 6.89. The minimum Gasteiger partial charge on any atom is -0.486 e. The SMILES string of the molecule is CN(CC[C@@H](Oc1ccc(C(F)(F)F)cc1)c1ccccc1)C(=O)C1CCn2c(C(=O)c3ccccc3)ccc21. The number of hydrogen-bond donors (Lipinski definition) is 0. The number of likely N-dealkylation sites (N-methyl/N-ethyl adjacent to an activating group) is 1. The maximum absolute atomic E-state index is 13.5. The van der Waals surface area contributed by atoms with Crippen LogP contribution in [0.25, 0.3) is 0 Å². The van der Waals surface area contributed by atoms with Crippen LogP contribution in [0.5, 0.6) is 5.75 Å². The first-order valence-corrected chi connectivity index (χ1v) is 13.2. The third-order valence-corrected chi connectivity index (χ3v) is 7.31. The number of fused-ring (bicyclic) bond motifs is 1. The van der Waals surface area contributed by atoms with E-state index in [-0.39, 0.29) is 17.6 Å². The molecule has 5 rings (SSSR count). The van der Waals surface area contributed by atoms with Crippen molar-refractivity contribution in [2.24, 2.45) is 0 Å². The first-order valence-electron chi connectivity index (χ1n) is 13.2. The van der Waals surface area contributed by atoms with Crippen molar-refractivity contribution >= 4 is 11.7 Å². The van der Waals surface area contributed by atoms with Crippen LogP contribution >= 0.6 is 0 Å². The van der Waals surface area contributed by atoms with Crippen molar-refractivity contribution in [2.45, 2.75) is 37.6 Å². The second-order valence-electron chi connectivity index (χ2n) is 9.92. The fourth-order valence-corrected chi connectivity index (χ4v) is 5.16. The minimum absolute atomic E-state index is 0.0445. The number of carbonyl (C=O) groups is 2. The number of ether oxygens (including phenoxy) is 1. The number of halogens is 3. The van der Waals surface area contributed by atoms with Gasteiger partial charge in [0.15, 0.2) is 0 Å². The zero-order valence-corrected chi connectivity index (χ0v) is 22.0.